The molecule has 24 heavy (non-hydrogen) atoms. The average Bonchev–Trinajstić information content (AvgIpc) is 2.76. The molecule has 6 heteroatoms. The Balaban J connectivity index is 1.66. The Morgan fingerprint density at radius 1 is 1.33 bits per heavy atom. The molecule has 5 nitrogen and oxygen atoms in total. The molecule has 0 bridgehead atoms. The first kappa shape index (κ1) is 18.8. The molecule has 0 saturated carbocycles. The van der Waals surface area contributed by atoms with Crippen molar-refractivity contribution in [3.05, 3.63) is 34.3 Å². The van der Waals surface area contributed by atoms with Crippen molar-refractivity contribution < 1.29 is 9.59 Å². The van der Waals surface area contributed by atoms with Gasteiger partial charge in [0.15, 0.2) is 0 Å². The number of benzene rings is 1. The summed E-state index contributed by atoms with van der Waals surface area (Å²) in [7, 11) is 0. The van der Waals surface area contributed by atoms with Crippen LogP contribution >= 0.6 is 15.9 Å². The van der Waals surface area contributed by atoms with Crippen LogP contribution in [0.15, 0.2) is 28.7 Å². The molecule has 0 aliphatic carbocycles. The van der Waals surface area contributed by atoms with Gasteiger partial charge >= 0.3 is 6.03 Å². The topological polar surface area (TPSA) is 61.4 Å². The summed E-state index contributed by atoms with van der Waals surface area (Å²) < 4.78 is 0.996. The Hall–Kier alpha value is -1.56. The van der Waals surface area contributed by atoms with Gasteiger partial charge in [0, 0.05) is 30.5 Å². The molecule has 2 rings (SSSR count). The molecule has 1 aliphatic heterocycles. The number of nitrogens with zero attached hydrogens (tertiary/aromatic N) is 1. The van der Waals surface area contributed by atoms with Gasteiger partial charge in [0.1, 0.15) is 0 Å². The maximum absolute atomic E-state index is 12.0. The van der Waals surface area contributed by atoms with Gasteiger partial charge < -0.3 is 15.5 Å². The second kappa shape index (κ2) is 9.67. The minimum atomic E-state index is -0.176. The summed E-state index contributed by atoms with van der Waals surface area (Å²) in [6, 6.07) is 7.66. The standard InChI is InChI=1S/C18H26BrN3O2/c1-14(15-7-5-8-16(19)13-15)21-18(24)20-10-6-12-22-11-4-2-3-9-17(22)23/h5,7-8,13-14H,2-4,6,9-12H2,1H3,(H2,20,21,24). The number of carbonyl (C=O) groups excluding carboxylic acids is 2. The number of hydrogen-bond donors (Lipinski definition) is 2. The Morgan fingerprint density at radius 3 is 2.96 bits per heavy atom. The van der Waals surface area contributed by atoms with Crippen LogP contribution in [0.4, 0.5) is 4.79 Å². The highest BCUT2D eigenvalue weighted by Gasteiger charge is 2.16. The molecule has 0 spiro atoms. The lowest BCUT2D eigenvalue weighted by atomic mass is 10.1. The molecule has 1 unspecified atom stereocenters. The van der Waals surface area contributed by atoms with Gasteiger partial charge in [-0.15, -0.1) is 0 Å². The number of urea groups is 1. The molecule has 132 valence electrons. The Labute approximate surface area is 152 Å². The van der Waals surface area contributed by atoms with E-state index in [0.29, 0.717) is 13.0 Å². The van der Waals surface area contributed by atoms with E-state index in [4.69, 9.17) is 0 Å². The normalized spacial score (nSPS) is 16.4. The van der Waals surface area contributed by atoms with Gasteiger partial charge in [-0.2, -0.15) is 0 Å². The highest BCUT2D eigenvalue weighted by molar-refractivity contribution is 9.10. The summed E-state index contributed by atoms with van der Waals surface area (Å²) >= 11 is 3.44. The summed E-state index contributed by atoms with van der Waals surface area (Å²) in [5.41, 5.74) is 1.05. The lowest BCUT2D eigenvalue weighted by molar-refractivity contribution is -0.130. The summed E-state index contributed by atoms with van der Waals surface area (Å²) in [5.74, 6) is 0.250. The number of carbonyl (C=O) groups is 2. The zero-order valence-corrected chi connectivity index (χ0v) is 15.8. The van der Waals surface area contributed by atoms with Crippen LogP contribution in [-0.4, -0.2) is 36.5 Å². The van der Waals surface area contributed by atoms with Crippen molar-refractivity contribution >= 4 is 27.9 Å². The van der Waals surface area contributed by atoms with Crippen molar-refractivity contribution in [1.82, 2.24) is 15.5 Å². The van der Waals surface area contributed by atoms with E-state index in [1.165, 1.54) is 0 Å². The smallest absolute Gasteiger partial charge is 0.315 e. The second-order valence-electron chi connectivity index (χ2n) is 6.22. The average molecular weight is 396 g/mol. The van der Waals surface area contributed by atoms with Crippen LogP contribution in [0, 0.1) is 0 Å². The summed E-state index contributed by atoms with van der Waals surface area (Å²) in [6.07, 6.45) is 4.67. The quantitative estimate of drug-likeness (QED) is 0.722. The van der Waals surface area contributed by atoms with Crippen molar-refractivity contribution in [3.8, 4) is 0 Å². The first-order valence-corrected chi connectivity index (χ1v) is 9.43. The van der Waals surface area contributed by atoms with Crippen LogP contribution in [0.3, 0.4) is 0 Å². The van der Waals surface area contributed by atoms with Gasteiger partial charge in [-0.25, -0.2) is 4.79 Å². The predicted molar refractivity (Wildman–Crippen MR) is 98.8 cm³/mol. The minimum Gasteiger partial charge on any atom is -0.343 e. The lowest BCUT2D eigenvalue weighted by Crippen LogP contribution is -2.39. The van der Waals surface area contributed by atoms with E-state index in [1.807, 2.05) is 36.1 Å². The Kier molecular flexibility index (Phi) is 7.56. The van der Waals surface area contributed by atoms with Gasteiger partial charge in [-0.05, 0) is 43.9 Å². The molecular formula is C18H26BrN3O2. The van der Waals surface area contributed by atoms with Crippen LogP contribution in [0.5, 0.6) is 0 Å². The molecule has 1 aromatic rings. The maximum Gasteiger partial charge on any atom is 0.315 e. The van der Waals surface area contributed by atoms with Crippen LogP contribution in [0.25, 0.3) is 0 Å². The largest absolute Gasteiger partial charge is 0.343 e. The van der Waals surface area contributed by atoms with E-state index in [1.54, 1.807) is 0 Å². The zero-order valence-electron chi connectivity index (χ0n) is 14.2. The van der Waals surface area contributed by atoms with E-state index in [-0.39, 0.29) is 18.0 Å². The molecule has 2 N–H and O–H groups in total. The Bertz CT molecular complexity index is 565. The molecule has 1 heterocycles. The van der Waals surface area contributed by atoms with Crippen molar-refractivity contribution in [3.63, 3.8) is 0 Å². The predicted octanol–water partition coefficient (Wildman–Crippen LogP) is 3.60. The number of halogens is 1. The second-order valence-corrected chi connectivity index (χ2v) is 7.14. The summed E-state index contributed by atoms with van der Waals surface area (Å²) in [6.45, 7) is 4.10. The van der Waals surface area contributed by atoms with Crippen LogP contribution in [-0.2, 0) is 4.79 Å². The van der Waals surface area contributed by atoms with Gasteiger partial charge in [0.05, 0.1) is 6.04 Å². The first-order chi connectivity index (χ1) is 11.6. The highest BCUT2D eigenvalue weighted by atomic mass is 79.9. The molecule has 0 aromatic heterocycles. The third-order valence-corrected chi connectivity index (χ3v) is 4.75. The van der Waals surface area contributed by atoms with Gasteiger partial charge in [0.2, 0.25) is 5.91 Å². The molecule has 3 amide bonds. The van der Waals surface area contributed by atoms with Crippen molar-refractivity contribution in [1.29, 1.82) is 0 Å². The molecule has 1 aromatic carbocycles. The fourth-order valence-electron chi connectivity index (χ4n) is 2.85. The van der Waals surface area contributed by atoms with E-state index < -0.39 is 0 Å². The maximum atomic E-state index is 12.0. The third-order valence-electron chi connectivity index (χ3n) is 4.26. The van der Waals surface area contributed by atoms with Crippen molar-refractivity contribution in [2.24, 2.45) is 0 Å². The van der Waals surface area contributed by atoms with E-state index in [9.17, 15) is 9.59 Å². The molecule has 1 fully saturated rings. The zero-order chi connectivity index (χ0) is 17.4. The lowest BCUT2D eigenvalue weighted by Gasteiger charge is -2.20. The number of amides is 3. The van der Waals surface area contributed by atoms with E-state index in [0.717, 1.165) is 48.8 Å². The summed E-state index contributed by atoms with van der Waals surface area (Å²) in [5, 5.41) is 5.80. The number of hydrogen-bond acceptors (Lipinski definition) is 2. The Morgan fingerprint density at radius 2 is 2.17 bits per heavy atom. The van der Waals surface area contributed by atoms with Gasteiger partial charge in [-0.3, -0.25) is 4.79 Å². The van der Waals surface area contributed by atoms with Crippen molar-refractivity contribution in [2.75, 3.05) is 19.6 Å². The number of likely N-dealkylation sites (tertiary alicyclic amines) is 1. The molecule has 1 atom stereocenters. The fourth-order valence-corrected chi connectivity index (χ4v) is 3.27. The molecule has 0 radical (unpaired) electrons. The minimum absolute atomic E-state index is 0.0605. The van der Waals surface area contributed by atoms with Gasteiger partial charge in [-0.1, -0.05) is 34.5 Å². The third kappa shape index (κ3) is 6.15. The highest BCUT2D eigenvalue weighted by Crippen LogP contribution is 2.17. The fraction of sp³-hybridized carbons (Fsp3) is 0.556. The molecule has 1 aliphatic rings. The first-order valence-electron chi connectivity index (χ1n) is 8.64. The van der Waals surface area contributed by atoms with Crippen LogP contribution in [0.2, 0.25) is 0 Å². The van der Waals surface area contributed by atoms with Crippen molar-refractivity contribution in [2.45, 2.75) is 45.1 Å². The monoisotopic (exact) mass is 395 g/mol. The summed E-state index contributed by atoms with van der Waals surface area (Å²) in [4.78, 5) is 25.8. The van der Waals surface area contributed by atoms with Gasteiger partial charge in [0.25, 0.3) is 0 Å². The number of nitrogens with one attached hydrogen (secondary N) is 2. The van der Waals surface area contributed by atoms with E-state index >= 15 is 0 Å². The number of rotatable bonds is 6. The van der Waals surface area contributed by atoms with Crippen LogP contribution in [0.1, 0.15) is 50.6 Å². The van der Waals surface area contributed by atoms with Crippen LogP contribution < -0.4 is 10.6 Å². The van der Waals surface area contributed by atoms with E-state index in [2.05, 4.69) is 26.6 Å². The SMILES string of the molecule is CC(NC(=O)NCCCN1CCCCCC1=O)c1cccc(Br)c1. The molecular weight excluding hydrogens is 370 g/mol. The molecule has 1 saturated heterocycles.